The Labute approximate surface area is 269 Å². The molecule has 4 aromatic carbocycles. The monoisotopic (exact) mass is 662 g/mol. The van der Waals surface area contributed by atoms with Crippen molar-refractivity contribution in [2.75, 3.05) is 23.8 Å². The van der Waals surface area contributed by atoms with Crippen LogP contribution in [-0.4, -0.2) is 53.7 Å². The quantitative estimate of drug-likeness (QED) is 0.143. The molecule has 1 aliphatic carbocycles. The van der Waals surface area contributed by atoms with Gasteiger partial charge in [-0.05, 0) is 63.1 Å². The molecule has 0 amide bonds. The van der Waals surface area contributed by atoms with E-state index in [-0.39, 0.29) is 68.9 Å². The third-order valence-corrected chi connectivity index (χ3v) is 10.2. The van der Waals surface area contributed by atoms with Crippen LogP contribution in [0, 0.1) is 0 Å². The van der Waals surface area contributed by atoms with Crippen LogP contribution in [0.1, 0.15) is 58.5 Å². The number of carbonyl (C=O) groups excluding carboxylic acids is 2. The minimum absolute atomic E-state index is 0.0640. The van der Waals surface area contributed by atoms with Crippen molar-refractivity contribution in [3.05, 3.63) is 119 Å². The first-order chi connectivity index (χ1) is 22.0. The van der Waals surface area contributed by atoms with Gasteiger partial charge in [0.1, 0.15) is 0 Å². The van der Waals surface area contributed by atoms with Crippen molar-refractivity contribution in [1.82, 2.24) is 0 Å². The molecule has 12 heteroatoms. The summed E-state index contributed by atoms with van der Waals surface area (Å²) in [5.74, 6) is -0.646. The molecular formula is C34H34N2O8S2. The average molecular weight is 663 g/mol. The number of nitrogens with one attached hydrogen (secondary N) is 2. The summed E-state index contributed by atoms with van der Waals surface area (Å²) in [5, 5.41) is 6.52. The fraction of sp³-hybridized carbons (Fsp3) is 0.235. The number of carbonyl (C=O) groups is 2. The molecule has 0 bridgehead atoms. The van der Waals surface area contributed by atoms with E-state index in [2.05, 4.69) is 10.6 Å². The van der Waals surface area contributed by atoms with Crippen LogP contribution in [0.3, 0.4) is 0 Å². The molecule has 0 aromatic heterocycles. The summed E-state index contributed by atoms with van der Waals surface area (Å²) in [6.45, 7) is 3.46. The third kappa shape index (κ3) is 7.37. The van der Waals surface area contributed by atoms with Gasteiger partial charge < -0.3 is 10.6 Å². The predicted octanol–water partition coefficient (Wildman–Crippen LogP) is 5.65. The first-order valence-electron chi connectivity index (χ1n) is 14.8. The molecule has 0 aliphatic heterocycles. The van der Waals surface area contributed by atoms with E-state index in [1.165, 1.54) is 24.3 Å². The van der Waals surface area contributed by atoms with Gasteiger partial charge in [-0.25, -0.2) is 0 Å². The first-order valence-corrected chi connectivity index (χ1v) is 17.6. The van der Waals surface area contributed by atoms with Gasteiger partial charge in [-0.15, -0.1) is 0 Å². The molecule has 10 nitrogen and oxygen atoms in total. The number of benzene rings is 4. The molecule has 5 rings (SSSR count). The highest BCUT2D eigenvalue weighted by Gasteiger charge is 2.34. The Balaban J connectivity index is 1.32. The van der Waals surface area contributed by atoms with Crippen LogP contribution in [0.4, 0.5) is 11.4 Å². The Bertz CT molecular complexity index is 1810. The van der Waals surface area contributed by atoms with Gasteiger partial charge in [0.05, 0.1) is 34.1 Å². The Hall–Kier alpha value is -4.36. The molecule has 2 atom stereocenters. The standard InChI is InChI=1S/C34H34N2O8S2/c1-23(19-21-43-45(39,40)25-11-5-3-6-12-25)35-29-17-18-30(32-31(29)33(37)27-15-9-10-16-28(27)34(32)38)36-24(2)20-22-44-46(41,42)26-13-7-4-8-14-26/h3-18,23-24,35-36H,19-22H2,1-2H3. The van der Waals surface area contributed by atoms with Gasteiger partial charge in [-0.2, -0.15) is 16.8 Å². The molecule has 0 heterocycles. The molecule has 240 valence electrons. The highest BCUT2D eigenvalue weighted by Crippen LogP contribution is 2.37. The number of fused-ring (bicyclic) bond motifs is 2. The maximum Gasteiger partial charge on any atom is 0.296 e. The maximum absolute atomic E-state index is 13.8. The topological polar surface area (TPSA) is 145 Å². The molecule has 4 aromatic rings. The van der Waals surface area contributed by atoms with Crippen molar-refractivity contribution in [2.45, 2.75) is 48.6 Å². The van der Waals surface area contributed by atoms with Gasteiger partial charge in [0.15, 0.2) is 11.6 Å². The van der Waals surface area contributed by atoms with E-state index in [0.717, 1.165) is 0 Å². The molecule has 0 saturated heterocycles. The van der Waals surface area contributed by atoms with Gasteiger partial charge in [0, 0.05) is 34.6 Å². The minimum atomic E-state index is -3.92. The van der Waals surface area contributed by atoms with E-state index >= 15 is 0 Å². The van der Waals surface area contributed by atoms with Crippen molar-refractivity contribution in [3.63, 3.8) is 0 Å². The molecule has 0 radical (unpaired) electrons. The Morgan fingerprint density at radius 3 is 1.26 bits per heavy atom. The Morgan fingerprint density at radius 1 is 0.543 bits per heavy atom. The molecule has 0 fully saturated rings. The summed E-state index contributed by atoms with van der Waals surface area (Å²) in [5.41, 5.74) is 1.84. The number of anilines is 2. The number of ketones is 2. The van der Waals surface area contributed by atoms with Crippen LogP contribution in [0.2, 0.25) is 0 Å². The summed E-state index contributed by atoms with van der Waals surface area (Å²) in [4.78, 5) is 27.7. The fourth-order valence-electron chi connectivity index (χ4n) is 5.12. The van der Waals surface area contributed by atoms with Crippen molar-refractivity contribution in [2.24, 2.45) is 0 Å². The van der Waals surface area contributed by atoms with Crippen LogP contribution in [0.5, 0.6) is 0 Å². The van der Waals surface area contributed by atoms with Crippen molar-refractivity contribution >= 4 is 43.2 Å². The second kappa shape index (κ2) is 14.0. The van der Waals surface area contributed by atoms with E-state index in [1.807, 2.05) is 13.8 Å². The van der Waals surface area contributed by atoms with Crippen LogP contribution in [-0.2, 0) is 28.6 Å². The van der Waals surface area contributed by atoms with E-state index in [1.54, 1.807) is 72.8 Å². The predicted molar refractivity (Wildman–Crippen MR) is 174 cm³/mol. The molecule has 46 heavy (non-hydrogen) atoms. The SMILES string of the molecule is CC(CCOS(=O)(=O)c1ccccc1)Nc1ccc(NC(C)CCOS(=O)(=O)c2ccccc2)c2c1C(=O)c1ccccc1C2=O. The highest BCUT2D eigenvalue weighted by atomic mass is 32.2. The van der Waals surface area contributed by atoms with Crippen LogP contribution in [0.25, 0.3) is 0 Å². The van der Waals surface area contributed by atoms with Crippen LogP contribution >= 0.6 is 0 Å². The lowest BCUT2D eigenvalue weighted by Gasteiger charge is -2.26. The van der Waals surface area contributed by atoms with Crippen molar-refractivity contribution < 1.29 is 34.8 Å². The third-order valence-electron chi connectivity index (χ3n) is 7.52. The molecule has 0 spiro atoms. The molecule has 0 saturated carbocycles. The summed E-state index contributed by atoms with van der Waals surface area (Å²) in [6.07, 6.45) is 0.588. The normalized spacial score (nSPS) is 14.2. The zero-order chi connectivity index (χ0) is 32.9. The van der Waals surface area contributed by atoms with Gasteiger partial charge in [-0.1, -0.05) is 60.7 Å². The molecular weight excluding hydrogens is 629 g/mol. The lowest BCUT2D eigenvalue weighted by Crippen LogP contribution is -2.28. The van der Waals surface area contributed by atoms with E-state index in [9.17, 15) is 26.4 Å². The van der Waals surface area contributed by atoms with E-state index < -0.39 is 20.2 Å². The lowest BCUT2D eigenvalue weighted by atomic mass is 9.82. The summed E-state index contributed by atoms with van der Waals surface area (Å²) < 4.78 is 60.4. The first kappa shape index (κ1) is 33.0. The van der Waals surface area contributed by atoms with Crippen molar-refractivity contribution in [1.29, 1.82) is 0 Å². The summed E-state index contributed by atoms with van der Waals surface area (Å²) in [6, 6.07) is 25.1. The van der Waals surface area contributed by atoms with E-state index in [0.29, 0.717) is 24.2 Å². The molecule has 2 unspecified atom stereocenters. The Morgan fingerprint density at radius 2 is 0.891 bits per heavy atom. The molecule has 1 aliphatic rings. The lowest BCUT2D eigenvalue weighted by molar-refractivity contribution is 0.0980. The number of hydrogen-bond donors (Lipinski definition) is 2. The second-order valence-electron chi connectivity index (χ2n) is 11.0. The zero-order valence-electron chi connectivity index (χ0n) is 25.3. The van der Waals surface area contributed by atoms with E-state index in [4.69, 9.17) is 8.37 Å². The van der Waals surface area contributed by atoms with Gasteiger partial charge in [-0.3, -0.25) is 18.0 Å². The van der Waals surface area contributed by atoms with Crippen LogP contribution in [0.15, 0.2) is 107 Å². The largest absolute Gasteiger partial charge is 0.382 e. The van der Waals surface area contributed by atoms with Gasteiger partial charge in [0.25, 0.3) is 20.2 Å². The molecule has 2 N–H and O–H groups in total. The van der Waals surface area contributed by atoms with Gasteiger partial charge in [0.2, 0.25) is 0 Å². The minimum Gasteiger partial charge on any atom is -0.382 e. The number of hydrogen-bond acceptors (Lipinski definition) is 10. The zero-order valence-corrected chi connectivity index (χ0v) is 26.9. The smallest absolute Gasteiger partial charge is 0.296 e. The Kier molecular flexibility index (Phi) is 10.0. The average Bonchev–Trinajstić information content (AvgIpc) is 3.05. The second-order valence-corrected chi connectivity index (χ2v) is 14.2. The highest BCUT2D eigenvalue weighted by molar-refractivity contribution is 7.87. The number of rotatable bonds is 14. The van der Waals surface area contributed by atoms with Gasteiger partial charge >= 0.3 is 0 Å². The summed E-state index contributed by atoms with van der Waals surface area (Å²) in [7, 11) is -7.83. The maximum atomic E-state index is 13.8. The van der Waals surface area contributed by atoms with Crippen LogP contribution < -0.4 is 10.6 Å². The van der Waals surface area contributed by atoms with Crippen molar-refractivity contribution in [3.8, 4) is 0 Å². The summed E-state index contributed by atoms with van der Waals surface area (Å²) >= 11 is 0. The fourth-order valence-corrected chi connectivity index (χ4v) is 7.00.